The Bertz CT molecular complexity index is 1060. The van der Waals surface area contributed by atoms with Gasteiger partial charge in [-0.3, -0.25) is 18.6 Å². The Balaban J connectivity index is 1.97. The summed E-state index contributed by atoms with van der Waals surface area (Å²) >= 11 is 0. The molecule has 2 heterocycles. The second kappa shape index (κ2) is 10.3. The third kappa shape index (κ3) is 6.22. The number of halogens is 3. The van der Waals surface area contributed by atoms with Gasteiger partial charge in [-0.15, -0.1) is 0 Å². The fourth-order valence-electron chi connectivity index (χ4n) is 2.98. The molecule has 0 aromatic carbocycles. The number of hydrogen-bond acceptors (Lipinski definition) is 4. The number of rotatable bonds is 10. The quantitative estimate of drug-likeness (QED) is 0.575. The smallest absolute Gasteiger partial charge is 0.375 e. The van der Waals surface area contributed by atoms with Crippen LogP contribution in [0.1, 0.15) is 37.4 Å². The van der Waals surface area contributed by atoms with Crippen LogP contribution in [0.5, 0.6) is 0 Å². The van der Waals surface area contributed by atoms with Gasteiger partial charge in [-0.2, -0.15) is 18.3 Å². The molecular formula is C21H28F3N5O2. The van der Waals surface area contributed by atoms with E-state index in [1.807, 2.05) is 6.92 Å². The number of aromatic nitrogens is 4. The van der Waals surface area contributed by atoms with Crippen LogP contribution in [0.4, 0.5) is 18.9 Å². The molecule has 0 unspecified atom stereocenters. The molecule has 170 valence electrons. The Hall–Kier alpha value is -3.04. The highest BCUT2D eigenvalue weighted by atomic mass is 19.4. The SMILES string of the molecule is C=C(CC/C=C/Cn1cc(CNc2c(C)n(C)c(=O)n(CCC)c2=O)cn1)C(F)(F)F. The Morgan fingerprint density at radius 3 is 2.65 bits per heavy atom. The summed E-state index contributed by atoms with van der Waals surface area (Å²) in [6.07, 6.45) is 3.28. The molecule has 31 heavy (non-hydrogen) atoms. The van der Waals surface area contributed by atoms with Gasteiger partial charge in [0, 0.05) is 43.2 Å². The lowest BCUT2D eigenvalue weighted by Gasteiger charge is -2.14. The van der Waals surface area contributed by atoms with E-state index < -0.39 is 11.7 Å². The number of nitrogens with zero attached hydrogens (tertiary/aromatic N) is 4. The fourth-order valence-corrected chi connectivity index (χ4v) is 2.98. The van der Waals surface area contributed by atoms with Crippen LogP contribution < -0.4 is 16.6 Å². The van der Waals surface area contributed by atoms with Crippen LogP contribution in [0, 0.1) is 6.92 Å². The van der Waals surface area contributed by atoms with E-state index in [2.05, 4.69) is 17.0 Å². The Morgan fingerprint density at radius 2 is 2.00 bits per heavy atom. The number of hydrogen-bond donors (Lipinski definition) is 1. The Kier molecular flexibility index (Phi) is 8.07. The first-order valence-electron chi connectivity index (χ1n) is 10.0. The van der Waals surface area contributed by atoms with Crippen LogP contribution in [-0.2, 0) is 26.7 Å². The Morgan fingerprint density at radius 1 is 1.29 bits per heavy atom. The van der Waals surface area contributed by atoms with E-state index in [1.165, 1.54) is 9.13 Å². The van der Waals surface area contributed by atoms with E-state index in [0.717, 1.165) is 5.56 Å². The van der Waals surface area contributed by atoms with E-state index in [0.29, 0.717) is 37.4 Å². The number of allylic oxidation sites excluding steroid dienone is 3. The van der Waals surface area contributed by atoms with Crippen LogP contribution in [0.3, 0.4) is 0 Å². The van der Waals surface area contributed by atoms with Crippen molar-refractivity contribution >= 4 is 5.69 Å². The monoisotopic (exact) mass is 439 g/mol. The van der Waals surface area contributed by atoms with Crippen LogP contribution in [0.25, 0.3) is 0 Å². The molecular weight excluding hydrogens is 411 g/mol. The van der Waals surface area contributed by atoms with Crippen molar-refractivity contribution in [2.45, 2.75) is 58.9 Å². The maximum atomic E-state index is 12.7. The van der Waals surface area contributed by atoms with E-state index in [4.69, 9.17) is 0 Å². The lowest BCUT2D eigenvalue weighted by molar-refractivity contribution is -0.0934. The molecule has 0 bridgehead atoms. The second-order valence-corrected chi connectivity index (χ2v) is 7.29. The van der Waals surface area contributed by atoms with Crippen molar-refractivity contribution in [3.05, 3.63) is 68.8 Å². The number of nitrogens with one attached hydrogen (secondary N) is 1. The van der Waals surface area contributed by atoms with Gasteiger partial charge in [0.25, 0.3) is 5.56 Å². The number of alkyl halides is 3. The molecule has 0 aliphatic carbocycles. The molecule has 2 aromatic rings. The highest BCUT2D eigenvalue weighted by molar-refractivity contribution is 5.46. The zero-order valence-corrected chi connectivity index (χ0v) is 18.0. The molecule has 2 rings (SSSR count). The minimum absolute atomic E-state index is 0.136. The third-order valence-electron chi connectivity index (χ3n) is 4.92. The summed E-state index contributed by atoms with van der Waals surface area (Å²) in [6.45, 7) is 7.76. The van der Waals surface area contributed by atoms with Crippen molar-refractivity contribution in [3.8, 4) is 0 Å². The molecule has 10 heteroatoms. The fraction of sp³-hybridized carbons (Fsp3) is 0.476. The minimum atomic E-state index is -4.35. The van der Waals surface area contributed by atoms with Crippen molar-refractivity contribution in [2.75, 3.05) is 5.32 Å². The first kappa shape index (κ1) is 24.2. The summed E-state index contributed by atoms with van der Waals surface area (Å²) in [7, 11) is 1.63. The summed E-state index contributed by atoms with van der Waals surface area (Å²) in [5.41, 5.74) is 0.322. The Labute approximate surface area is 178 Å². The van der Waals surface area contributed by atoms with Crippen molar-refractivity contribution in [1.29, 1.82) is 0 Å². The largest absolute Gasteiger partial charge is 0.412 e. The summed E-state index contributed by atoms with van der Waals surface area (Å²) in [4.78, 5) is 25.0. The van der Waals surface area contributed by atoms with Gasteiger partial charge in [0.05, 0.1) is 12.7 Å². The molecule has 7 nitrogen and oxygen atoms in total. The normalized spacial score (nSPS) is 11.9. The molecule has 0 aliphatic rings. The first-order valence-corrected chi connectivity index (χ1v) is 10.0. The van der Waals surface area contributed by atoms with E-state index in [9.17, 15) is 22.8 Å². The molecule has 0 spiro atoms. The summed E-state index contributed by atoms with van der Waals surface area (Å²) < 4.78 is 41.5. The van der Waals surface area contributed by atoms with Gasteiger partial charge in [0.1, 0.15) is 5.69 Å². The second-order valence-electron chi connectivity index (χ2n) is 7.29. The lowest BCUT2D eigenvalue weighted by atomic mass is 10.1. The van der Waals surface area contributed by atoms with Crippen LogP contribution in [-0.4, -0.2) is 25.1 Å². The zero-order valence-electron chi connectivity index (χ0n) is 18.0. The van der Waals surface area contributed by atoms with Crippen molar-refractivity contribution in [2.24, 2.45) is 7.05 Å². The molecule has 0 radical (unpaired) electrons. The topological polar surface area (TPSA) is 73.8 Å². The predicted molar refractivity (Wildman–Crippen MR) is 114 cm³/mol. The molecule has 0 saturated heterocycles. The van der Waals surface area contributed by atoms with Gasteiger partial charge < -0.3 is 5.32 Å². The molecule has 2 aromatic heterocycles. The summed E-state index contributed by atoms with van der Waals surface area (Å²) in [6, 6.07) is 0. The van der Waals surface area contributed by atoms with Gasteiger partial charge in [-0.1, -0.05) is 25.7 Å². The summed E-state index contributed by atoms with van der Waals surface area (Å²) in [5.74, 6) is 0. The minimum Gasteiger partial charge on any atom is -0.375 e. The maximum absolute atomic E-state index is 12.7. The third-order valence-corrected chi connectivity index (χ3v) is 4.92. The van der Waals surface area contributed by atoms with E-state index in [1.54, 1.807) is 43.2 Å². The van der Waals surface area contributed by atoms with Gasteiger partial charge in [0.15, 0.2) is 0 Å². The maximum Gasteiger partial charge on any atom is 0.412 e. The predicted octanol–water partition coefficient (Wildman–Crippen LogP) is 3.53. The zero-order chi connectivity index (χ0) is 23.2. The van der Waals surface area contributed by atoms with Crippen molar-refractivity contribution in [3.63, 3.8) is 0 Å². The van der Waals surface area contributed by atoms with Gasteiger partial charge in [-0.25, -0.2) is 4.79 Å². The highest BCUT2D eigenvalue weighted by Crippen LogP contribution is 2.27. The van der Waals surface area contributed by atoms with E-state index in [-0.39, 0.29) is 24.1 Å². The number of anilines is 1. The van der Waals surface area contributed by atoms with Gasteiger partial charge >= 0.3 is 11.9 Å². The molecule has 1 N–H and O–H groups in total. The van der Waals surface area contributed by atoms with Gasteiger partial charge in [-0.05, 0) is 26.2 Å². The lowest BCUT2D eigenvalue weighted by Crippen LogP contribution is -2.41. The molecule has 0 fully saturated rings. The molecule has 0 atom stereocenters. The van der Waals surface area contributed by atoms with E-state index >= 15 is 0 Å². The average molecular weight is 439 g/mol. The highest BCUT2D eigenvalue weighted by Gasteiger charge is 2.30. The van der Waals surface area contributed by atoms with Crippen LogP contribution >= 0.6 is 0 Å². The van der Waals surface area contributed by atoms with Crippen LogP contribution in [0.15, 0.2) is 46.3 Å². The first-order chi connectivity index (χ1) is 14.6. The molecule has 0 aliphatic heterocycles. The van der Waals surface area contributed by atoms with Crippen molar-refractivity contribution in [1.82, 2.24) is 18.9 Å². The molecule has 0 saturated carbocycles. The van der Waals surface area contributed by atoms with Gasteiger partial charge in [0.2, 0.25) is 0 Å². The average Bonchev–Trinajstić information content (AvgIpc) is 3.16. The molecule has 0 amide bonds. The van der Waals surface area contributed by atoms with Crippen molar-refractivity contribution < 1.29 is 13.2 Å². The summed E-state index contributed by atoms with van der Waals surface area (Å²) in [5, 5.41) is 7.31. The standard InChI is InChI=1S/C21H28F3N5O2/c1-5-10-29-19(30)18(16(3)27(4)20(29)31)25-12-17-13-26-28(14-17)11-8-6-7-9-15(2)21(22,23)24/h6,8,13-14,25H,2,5,7,9-12H2,1,3-4H3/b8-6+. The van der Waals surface area contributed by atoms with Crippen LogP contribution in [0.2, 0.25) is 0 Å².